The Morgan fingerprint density at radius 2 is 1.85 bits per heavy atom. The van der Waals surface area contributed by atoms with Crippen LogP contribution in [0.2, 0.25) is 0 Å². The summed E-state index contributed by atoms with van der Waals surface area (Å²) in [6.45, 7) is 5.21. The molecule has 2 saturated heterocycles. The molecule has 1 aromatic carbocycles. The molecule has 3 rings (SSSR count). The highest BCUT2D eigenvalue weighted by Gasteiger charge is 2.32. The molecular weight excluding hydrogens is 360 g/mol. The van der Waals surface area contributed by atoms with Crippen molar-refractivity contribution in [1.82, 2.24) is 9.80 Å². The van der Waals surface area contributed by atoms with E-state index in [1.807, 2.05) is 17.9 Å². The first-order valence-corrected chi connectivity index (χ1v) is 12.0. The molecule has 0 radical (unpaired) electrons. The SMILES string of the molecule is CCN(CCC(=O)N1CCC(Cc2ccccc2)CC1)C1CCS(=O)(=O)C1. The van der Waals surface area contributed by atoms with Crippen LogP contribution in [0.25, 0.3) is 0 Å². The standard InChI is InChI=1S/C21H32N2O3S/c1-2-22(20-11-15-27(25,26)17-20)14-10-21(24)23-12-8-19(9-13-23)16-18-6-4-3-5-7-18/h3-7,19-20H,2,8-17H2,1H3. The second-order valence-corrected chi connectivity index (χ2v) is 10.2. The molecule has 2 heterocycles. The van der Waals surface area contributed by atoms with Gasteiger partial charge in [0, 0.05) is 32.1 Å². The van der Waals surface area contributed by atoms with Crippen molar-refractivity contribution < 1.29 is 13.2 Å². The number of benzene rings is 1. The minimum Gasteiger partial charge on any atom is -0.343 e. The fourth-order valence-corrected chi connectivity index (χ4v) is 6.16. The van der Waals surface area contributed by atoms with Crippen molar-refractivity contribution in [3.63, 3.8) is 0 Å². The van der Waals surface area contributed by atoms with E-state index >= 15 is 0 Å². The summed E-state index contributed by atoms with van der Waals surface area (Å²) < 4.78 is 23.4. The van der Waals surface area contributed by atoms with Gasteiger partial charge >= 0.3 is 0 Å². The van der Waals surface area contributed by atoms with Gasteiger partial charge in [-0.2, -0.15) is 0 Å². The molecule has 0 spiro atoms. The zero-order valence-electron chi connectivity index (χ0n) is 16.3. The fourth-order valence-electron chi connectivity index (χ4n) is 4.39. The molecule has 6 heteroatoms. The molecule has 1 amide bonds. The summed E-state index contributed by atoms with van der Waals surface area (Å²) in [5.74, 6) is 1.41. The van der Waals surface area contributed by atoms with Crippen LogP contribution in [0.3, 0.4) is 0 Å². The van der Waals surface area contributed by atoms with Gasteiger partial charge in [-0.05, 0) is 43.7 Å². The average molecular weight is 393 g/mol. The van der Waals surface area contributed by atoms with E-state index in [4.69, 9.17) is 0 Å². The average Bonchev–Trinajstić information content (AvgIpc) is 3.03. The van der Waals surface area contributed by atoms with Crippen LogP contribution in [0.1, 0.15) is 38.2 Å². The van der Waals surface area contributed by atoms with Crippen LogP contribution < -0.4 is 0 Å². The highest BCUT2D eigenvalue weighted by molar-refractivity contribution is 7.91. The van der Waals surface area contributed by atoms with E-state index in [0.29, 0.717) is 25.3 Å². The Morgan fingerprint density at radius 1 is 1.15 bits per heavy atom. The van der Waals surface area contributed by atoms with Crippen LogP contribution in [-0.4, -0.2) is 67.9 Å². The molecule has 2 fully saturated rings. The normalized spacial score (nSPS) is 23.0. The lowest BCUT2D eigenvalue weighted by molar-refractivity contribution is -0.133. The van der Waals surface area contributed by atoms with Crippen LogP contribution in [0.4, 0.5) is 0 Å². The predicted octanol–water partition coefficient (Wildman–Crippen LogP) is 2.37. The molecule has 1 atom stereocenters. The molecule has 0 N–H and O–H groups in total. The van der Waals surface area contributed by atoms with E-state index in [9.17, 15) is 13.2 Å². The molecule has 5 nitrogen and oxygen atoms in total. The van der Waals surface area contributed by atoms with Crippen molar-refractivity contribution in [3.05, 3.63) is 35.9 Å². The Hall–Kier alpha value is -1.40. The summed E-state index contributed by atoms with van der Waals surface area (Å²) in [4.78, 5) is 16.8. The molecule has 27 heavy (non-hydrogen) atoms. The zero-order valence-corrected chi connectivity index (χ0v) is 17.2. The summed E-state index contributed by atoms with van der Waals surface area (Å²) in [6.07, 6.45) is 4.43. The van der Waals surface area contributed by atoms with Crippen LogP contribution in [0.15, 0.2) is 30.3 Å². The van der Waals surface area contributed by atoms with Crippen molar-refractivity contribution in [3.8, 4) is 0 Å². The molecule has 2 aliphatic heterocycles. The Kier molecular flexibility index (Phi) is 6.93. The number of carbonyl (C=O) groups is 1. The van der Waals surface area contributed by atoms with E-state index in [1.165, 1.54) is 5.56 Å². The third kappa shape index (κ3) is 5.79. The van der Waals surface area contributed by atoms with Crippen LogP contribution >= 0.6 is 0 Å². The first-order chi connectivity index (χ1) is 13.0. The van der Waals surface area contributed by atoms with E-state index in [-0.39, 0.29) is 23.5 Å². The first-order valence-electron chi connectivity index (χ1n) is 10.2. The first kappa shape index (κ1) is 20.3. The number of sulfone groups is 1. The second-order valence-electron chi connectivity index (χ2n) is 7.95. The van der Waals surface area contributed by atoms with E-state index in [0.717, 1.165) is 38.9 Å². The molecule has 1 aromatic rings. The van der Waals surface area contributed by atoms with Crippen molar-refractivity contribution in [2.75, 3.05) is 37.7 Å². The van der Waals surface area contributed by atoms with E-state index < -0.39 is 9.84 Å². The minimum absolute atomic E-state index is 0.0874. The molecule has 150 valence electrons. The van der Waals surface area contributed by atoms with Gasteiger partial charge in [0.1, 0.15) is 0 Å². The van der Waals surface area contributed by atoms with Gasteiger partial charge in [0.25, 0.3) is 0 Å². The largest absolute Gasteiger partial charge is 0.343 e. The lowest BCUT2D eigenvalue weighted by atomic mass is 9.90. The Balaban J connectivity index is 1.41. The number of hydrogen-bond acceptors (Lipinski definition) is 4. The van der Waals surface area contributed by atoms with Gasteiger partial charge < -0.3 is 4.90 Å². The van der Waals surface area contributed by atoms with Crippen molar-refractivity contribution >= 4 is 15.7 Å². The maximum absolute atomic E-state index is 12.6. The molecule has 0 aromatic heterocycles. The summed E-state index contributed by atoms with van der Waals surface area (Å²) in [5, 5.41) is 0. The third-order valence-electron chi connectivity index (χ3n) is 6.08. The lowest BCUT2D eigenvalue weighted by Crippen LogP contribution is -2.42. The van der Waals surface area contributed by atoms with Gasteiger partial charge in [0.05, 0.1) is 11.5 Å². The second kappa shape index (κ2) is 9.20. The van der Waals surface area contributed by atoms with Crippen LogP contribution in [0, 0.1) is 5.92 Å². The summed E-state index contributed by atoms with van der Waals surface area (Å²) >= 11 is 0. The summed E-state index contributed by atoms with van der Waals surface area (Å²) in [6, 6.07) is 10.7. The van der Waals surface area contributed by atoms with E-state index in [1.54, 1.807) is 0 Å². The van der Waals surface area contributed by atoms with Crippen molar-refractivity contribution in [1.29, 1.82) is 0 Å². The molecule has 0 bridgehead atoms. The van der Waals surface area contributed by atoms with Crippen molar-refractivity contribution in [2.24, 2.45) is 5.92 Å². The minimum atomic E-state index is -2.88. The monoisotopic (exact) mass is 392 g/mol. The number of likely N-dealkylation sites (tertiary alicyclic amines) is 1. The third-order valence-corrected chi connectivity index (χ3v) is 7.83. The van der Waals surface area contributed by atoms with Crippen LogP contribution in [-0.2, 0) is 21.1 Å². The number of hydrogen-bond donors (Lipinski definition) is 0. The zero-order chi connectivity index (χ0) is 19.3. The van der Waals surface area contributed by atoms with Crippen LogP contribution in [0.5, 0.6) is 0 Å². The quantitative estimate of drug-likeness (QED) is 0.715. The smallest absolute Gasteiger partial charge is 0.223 e. The predicted molar refractivity (Wildman–Crippen MR) is 108 cm³/mol. The molecule has 0 saturated carbocycles. The number of piperidine rings is 1. The highest BCUT2D eigenvalue weighted by Crippen LogP contribution is 2.23. The van der Waals surface area contributed by atoms with Gasteiger partial charge in [-0.3, -0.25) is 9.69 Å². The Bertz CT molecular complexity index is 712. The van der Waals surface area contributed by atoms with E-state index in [2.05, 4.69) is 29.2 Å². The number of carbonyl (C=O) groups excluding carboxylic acids is 1. The highest BCUT2D eigenvalue weighted by atomic mass is 32.2. The number of rotatable bonds is 7. The van der Waals surface area contributed by atoms with Gasteiger partial charge in [-0.1, -0.05) is 37.3 Å². The molecular formula is C21H32N2O3S. The lowest BCUT2D eigenvalue weighted by Gasteiger charge is -2.33. The Morgan fingerprint density at radius 3 is 2.44 bits per heavy atom. The number of nitrogens with zero attached hydrogens (tertiary/aromatic N) is 2. The van der Waals surface area contributed by atoms with Gasteiger partial charge in [-0.25, -0.2) is 8.42 Å². The molecule has 0 aliphatic carbocycles. The van der Waals surface area contributed by atoms with Gasteiger partial charge in [-0.15, -0.1) is 0 Å². The maximum atomic E-state index is 12.6. The summed E-state index contributed by atoms with van der Waals surface area (Å²) in [7, 11) is -2.88. The Labute approximate surface area is 163 Å². The van der Waals surface area contributed by atoms with Gasteiger partial charge in [0.15, 0.2) is 9.84 Å². The molecule has 2 aliphatic rings. The van der Waals surface area contributed by atoms with Gasteiger partial charge in [0.2, 0.25) is 5.91 Å². The topological polar surface area (TPSA) is 57.7 Å². The molecule has 1 unspecified atom stereocenters. The number of amides is 1. The fraction of sp³-hybridized carbons (Fsp3) is 0.667. The summed E-state index contributed by atoms with van der Waals surface area (Å²) in [5.41, 5.74) is 1.38. The maximum Gasteiger partial charge on any atom is 0.223 e. The van der Waals surface area contributed by atoms with Crippen molar-refractivity contribution in [2.45, 2.75) is 45.1 Å².